The van der Waals surface area contributed by atoms with Gasteiger partial charge in [0.1, 0.15) is 11.9 Å². The molecule has 2 N–H and O–H groups in total. The van der Waals surface area contributed by atoms with Crippen LogP contribution in [0.1, 0.15) is 12.8 Å². The van der Waals surface area contributed by atoms with E-state index in [2.05, 4.69) is 22.6 Å². The number of para-hydroxylation sites is 2. The van der Waals surface area contributed by atoms with Gasteiger partial charge in [0.05, 0.1) is 18.9 Å². The predicted molar refractivity (Wildman–Crippen MR) is 88.9 cm³/mol. The number of hydrogen-bond acceptors (Lipinski definition) is 4. The summed E-state index contributed by atoms with van der Waals surface area (Å²) in [4.78, 5) is 14.4. The molecular weight excluding hydrogens is 294 g/mol. The third-order valence-electron chi connectivity index (χ3n) is 4.36. The van der Waals surface area contributed by atoms with Crippen molar-refractivity contribution in [3.8, 4) is 5.75 Å². The third-order valence-corrected chi connectivity index (χ3v) is 4.36. The fraction of sp³-hybridized carbons (Fsp3) is 0.588. The summed E-state index contributed by atoms with van der Waals surface area (Å²) in [6, 6.07) is 7.34. The van der Waals surface area contributed by atoms with E-state index in [9.17, 15) is 4.79 Å². The van der Waals surface area contributed by atoms with Crippen LogP contribution >= 0.6 is 0 Å². The van der Waals surface area contributed by atoms with Gasteiger partial charge in [-0.25, -0.2) is 4.79 Å². The molecule has 1 aromatic rings. The van der Waals surface area contributed by atoms with Gasteiger partial charge in [-0.3, -0.25) is 0 Å². The smallest absolute Gasteiger partial charge is 0.319 e. The first-order valence-corrected chi connectivity index (χ1v) is 8.27. The van der Waals surface area contributed by atoms with Crippen molar-refractivity contribution in [2.24, 2.45) is 5.92 Å². The van der Waals surface area contributed by atoms with Crippen LogP contribution < -0.4 is 15.4 Å². The second-order valence-corrected chi connectivity index (χ2v) is 6.35. The van der Waals surface area contributed by atoms with Crippen LogP contribution in [0.15, 0.2) is 24.3 Å². The Morgan fingerprint density at radius 2 is 2.26 bits per heavy atom. The quantitative estimate of drug-likeness (QED) is 0.870. The molecule has 2 saturated heterocycles. The molecule has 2 heterocycles. The fourth-order valence-corrected chi connectivity index (χ4v) is 3.05. The number of amides is 2. The van der Waals surface area contributed by atoms with Crippen molar-refractivity contribution in [2.75, 3.05) is 45.2 Å². The summed E-state index contributed by atoms with van der Waals surface area (Å²) in [7, 11) is 2.11. The molecule has 0 aromatic heterocycles. The van der Waals surface area contributed by atoms with Crippen molar-refractivity contribution < 1.29 is 14.3 Å². The molecule has 2 atom stereocenters. The highest BCUT2D eigenvalue weighted by atomic mass is 16.5. The maximum absolute atomic E-state index is 12.1. The van der Waals surface area contributed by atoms with Crippen LogP contribution in [0.2, 0.25) is 0 Å². The van der Waals surface area contributed by atoms with E-state index in [1.54, 1.807) is 0 Å². The van der Waals surface area contributed by atoms with Gasteiger partial charge >= 0.3 is 6.03 Å². The van der Waals surface area contributed by atoms with Crippen molar-refractivity contribution in [3.05, 3.63) is 24.3 Å². The molecule has 2 aliphatic heterocycles. The van der Waals surface area contributed by atoms with Crippen LogP contribution in [0.25, 0.3) is 0 Å². The fourth-order valence-electron chi connectivity index (χ4n) is 3.05. The van der Waals surface area contributed by atoms with Crippen molar-refractivity contribution in [1.29, 1.82) is 0 Å². The summed E-state index contributed by atoms with van der Waals surface area (Å²) in [6.45, 7) is 4.19. The van der Waals surface area contributed by atoms with Crippen LogP contribution in [-0.2, 0) is 4.74 Å². The monoisotopic (exact) mass is 319 g/mol. The summed E-state index contributed by atoms with van der Waals surface area (Å²) in [5, 5.41) is 5.85. The molecule has 126 valence electrons. The highest BCUT2D eigenvalue weighted by Gasteiger charge is 2.21. The third kappa shape index (κ3) is 4.59. The van der Waals surface area contributed by atoms with Crippen LogP contribution in [0, 0.1) is 5.92 Å². The zero-order valence-electron chi connectivity index (χ0n) is 13.6. The first-order valence-electron chi connectivity index (χ1n) is 8.27. The van der Waals surface area contributed by atoms with Gasteiger partial charge in [-0.2, -0.15) is 0 Å². The highest BCUT2D eigenvalue weighted by Crippen LogP contribution is 2.26. The molecule has 3 rings (SSSR count). The van der Waals surface area contributed by atoms with Gasteiger partial charge < -0.3 is 25.0 Å². The van der Waals surface area contributed by atoms with Gasteiger partial charge in [-0.05, 0) is 38.1 Å². The van der Waals surface area contributed by atoms with Gasteiger partial charge in [0, 0.05) is 19.5 Å². The summed E-state index contributed by atoms with van der Waals surface area (Å²) in [6.07, 6.45) is 2.09. The van der Waals surface area contributed by atoms with E-state index in [-0.39, 0.29) is 12.1 Å². The minimum absolute atomic E-state index is 0.0648. The number of nitrogens with zero attached hydrogens (tertiary/aromatic N) is 1. The standard InChI is InChI=1S/C17H25N3O3/c1-20-8-6-13(11-20)10-18-17(21)19-15-4-2-3-5-16(15)23-14-7-9-22-12-14/h2-5,13-14H,6-12H2,1H3,(H2,18,19,21)/t13-,14+/m1/s1. The minimum Gasteiger partial charge on any atom is -0.486 e. The molecule has 6 heteroatoms. The molecule has 2 amide bonds. The summed E-state index contributed by atoms with van der Waals surface area (Å²) >= 11 is 0. The summed E-state index contributed by atoms with van der Waals surface area (Å²) < 4.78 is 11.3. The normalized spacial score (nSPS) is 24.6. The number of urea groups is 1. The zero-order valence-corrected chi connectivity index (χ0v) is 13.6. The number of benzene rings is 1. The Hall–Kier alpha value is -1.79. The van der Waals surface area contributed by atoms with Crippen molar-refractivity contribution >= 4 is 11.7 Å². The summed E-state index contributed by atoms with van der Waals surface area (Å²) in [5.41, 5.74) is 0.695. The SMILES string of the molecule is CN1CC[C@H](CNC(=O)Nc2ccccc2O[C@H]2CCOC2)C1. The number of carbonyl (C=O) groups is 1. The Balaban J connectivity index is 1.51. The van der Waals surface area contributed by atoms with Crippen LogP contribution in [-0.4, -0.2) is 56.9 Å². The topological polar surface area (TPSA) is 62.8 Å². The number of likely N-dealkylation sites (tertiary alicyclic amines) is 1. The Labute approximate surface area is 137 Å². The maximum Gasteiger partial charge on any atom is 0.319 e. The van der Waals surface area contributed by atoms with Crippen molar-refractivity contribution in [3.63, 3.8) is 0 Å². The molecule has 23 heavy (non-hydrogen) atoms. The van der Waals surface area contributed by atoms with Crippen LogP contribution in [0.5, 0.6) is 5.75 Å². The lowest BCUT2D eigenvalue weighted by Gasteiger charge is -2.17. The molecule has 2 fully saturated rings. The molecule has 0 bridgehead atoms. The van der Waals surface area contributed by atoms with Crippen molar-refractivity contribution in [2.45, 2.75) is 18.9 Å². The number of rotatable bonds is 5. The lowest BCUT2D eigenvalue weighted by Crippen LogP contribution is -2.34. The molecule has 1 aromatic carbocycles. The molecule has 2 aliphatic rings. The highest BCUT2D eigenvalue weighted by molar-refractivity contribution is 5.90. The Kier molecular flexibility index (Phi) is 5.35. The number of hydrogen-bond donors (Lipinski definition) is 2. The average molecular weight is 319 g/mol. The van der Waals surface area contributed by atoms with E-state index < -0.39 is 0 Å². The number of anilines is 1. The second-order valence-electron chi connectivity index (χ2n) is 6.35. The average Bonchev–Trinajstić information content (AvgIpc) is 3.19. The maximum atomic E-state index is 12.1. The van der Waals surface area contributed by atoms with Gasteiger partial charge in [-0.15, -0.1) is 0 Å². The molecular formula is C17H25N3O3. The largest absolute Gasteiger partial charge is 0.486 e. The Bertz CT molecular complexity index is 532. The van der Waals surface area contributed by atoms with E-state index in [4.69, 9.17) is 9.47 Å². The Morgan fingerprint density at radius 1 is 1.39 bits per heavy atom. The van der Waals surface area contributed by atoms with Gasteiger partial charge in [0.25, 0.3) is 0 Å². The van der Waals surface area contributed by atoms with E-state index in [0.29, 0.717) is 30.5 Å². The molecule has 0 spiro atoms. The molecule has 0 saturated carbocycles. The van der Waals surface area contributed by atoms with Gasteiger partial charge in [-0.1, -0.05) is 12.1 Å². The van der Waals surface area contributed by atoms with Crippen molar-refractivity contribution in [1.82, 2.24) is 10.2 Å². The van der Waals surface area contributed by atoms with E-state index in [1.165, 1.54) is 0 Å². The lowest BCUT2D eigenvalue weighted by molar-refractivity contribution is 0.142. The Morgan fingerprint density at radius 3 is 3.00 bits per heavy atom. The van der Waals surface area contributed by atoms with Gasteiger partial charge in [0.15, 0.2) is 0 Å². The summed E-state index contributed by atoms with van der Waals surface area (Å²) in [5.74, 6) is 1.23. The van der Waals surface area contributed by atoms with Crippen LogP contribution in [0.3, 0.4) is 0 Å². The molecule has 0 aliphatic carbocycles. The lowest BCUT2D eigenvalue weighted by atomic mass is 10.1. The van der Waals surface area contributed by atoms with E-state index in [0.717, 1.165) is 32.5 Å². The molecule has 0 radical (unpaired) electrons. The van der Waals surface area contributed by atoms with E-state index >= 15 is 0 Å². The predicted octanol–water partition coefficient (Wildman–Crippen LogP) is 1.93. The van der Waals surface area contributed by atoms with Gasteiger partial charge in [0.2, 0.25) is 0 Å². The minimum atomic E-state index is -0.182. The zero-order chi connectivity index (χ0) is 16.1. The number of carbonyl (C=O) groups excluding carboxylic acids is 1. The van der Waals surface area contributed by atoms with E-state index in [1.807, 2.05) is 24.3 Å². The second kappa shape index (κ2) is 7.66. The molecule has 6 nitrogen and oxygen atoms in total. The molecule has 0 unspecified atom stereocenters. The van der Waals surface area contributed by atoms with Crippen LogP contribution in [0.4, 0.5) is 10.5 Å². The number of ether oxygens (including phenoxy) is 2. The first kappa shape index (κ1) is 16.1. The number of nitrogens with one attached hydrogen (secondary N) is 2. The first-order chi connectivity index (χ1) is 11.2.